The molecule has 2 bridgehead atoms. The molecule has 0 aromatic heterocycles. The van der Waals surface area contributed by atoms with Gasteiger partial charge in [0.05, 0.1) is 0 Å². The summed E-state index contributed by atoms with van der Waals surface area (Å²) >= 11 is 5.04. The van der Waals surface area contributed by atoms with Crippen LogP contribution in [0.4, 0.5) is 5.69 Å². The van der Waals surface area contributed by atoms with Gasteiger partial charge in [-0.1, -0.05) is 18.6 Å². The number of nitrogens with one attached hydrogen (secondary N) is 1. The second-order valence-corrected chi connectivity index (χ2v) is 6.65. The molecule has 102 valence electrons. The van der Waals surface area contributed by atoms with Gasteiger partial charge < -0.3 is 11.1 Å². The molecule has 3 unspecified atom stereocenters. The SMILES string of the molecule is Cc1cc(NCC2CC3CCC2C3)ccc1C(N)=S. The van der Waals surface area contributed by atoms with E-state index in [9.17, 15) is 0 Å². The highest BCUT2D eigenvalue weighted by molar-refractivity contribution is 7.80. The summed E-state index contributed by atoms with van der Waals surface area (Å²) in [6, 6.07) is 6.28. The van der Waals surface area contributed by atoms with Crippen LogP contribution in [0.15, 0.2) is 18.2 Å². The molecule has 0 spiro atoms. The highest BCUT2D eigenvalue weighted by Crippen LogP contribution is 2.48. The van der Waals surface area contributed by atoms with Crippen molar-refractivity contribution in [3.63, 3.8) is 0 Å². The molecule has 3 rings (SSSR count). The van der Waals surface area contributed by atoms with Crippen LogP contribution in [0.3, 0.4) is 0 Å². The normalized spacial score (nSPS) is 28.6. The Morgan fingerprint density at radius 3 is 2.79 bits per heavy atom. The van der Waals surface area contributed by atoms with Crippen molar-refractivity contribution in [3.05, 3.63) is 29.3 Å². The minimum absolute atomic E-state index is 0.483. The predicted octanol–water partition coefficient (Wildman–Crippen LogP) is 3.48. The lowest BCUT2D eigenvalue weighted by atomic mass is 9.89. The van der Waals surface area contributed by atoms with E-state index in [1.807, 2.05) is 6.07 Å². The summed E-state index contributed by atoms with van der Waals surface area (Å²) in [5, 5.41) is 3.59. The topological polar surface area (TPSA) is 38.0 Å². The van der Waals surface area contributed by atoms with Crippen LogP contribution in [0.5, 0.6) is 0 Å². The summed E-state index contributed by atoms with van der Waals surface area (Å²) in [5.74, 6) is 2.89. The molecule has 3 heteroatoms. The third-order valence-corrected chi connectivity index (χ3v) is 5.16. The predicted molar refractivity (Wildman–Crippen MR) is 84.5 cm³/mol. The zero-order chi connectivity index (χ0) is 13.4. The van der Waals surface area contributed by atoms with Gasteiger partial charge in [-0.15, -0.1) is 0 Å². The zero-order valence-corrected chi connectivity index (χ0v) is 12.3. The summed E-state index contributed by atoms with van der Waals surface area (Å²) < 4.78 is 0. The first-order chi connectivity index (χ1) is 9.13. The molecule has 2 fully saturated rings. The van der Waals surface area contributed by atoms with Gasteiger partial charge in [-0.25, -0.2) is 0 Å². The monoisotopic (exact) mass is 274 g/mol. The molecule has 0 aliphatic heterocycles. The molecule has 0 radical (unpaired) electrons. The Morgan fingerprint density at radius 2 is 2.21 bits per heavy atom. The van der Waals surface area contributed by atoms with E-state index in [1.54, 1.807) is 0 Å². The quantitative estimate of drug-likeness (QED) is 0.826. The molecule has 2 aliphatic rings. The maximum atomic E-state index is 5.69. The number of benzene rings is 1. The van der Waals surface area contributed by atoms with Crippen molar-refractivity contribution in [3.8, 4) is 0 Å². The average molecular weight is 274 g/mol. The first kappa shape index (κ1) is 12.9. The number of aryl methyl sites for hydroxylation is 1. The van der Waals surface area contributed by atoms with Crippen LogP contribution in [0.25, 0.3) is 0 Å². The second kappa shape index (κ2) is 5.12. The fraction of sp³-hybridized carbons (Fsp3) is 0.562. The number of anilines is 1. The van der Waals surface area contributed by atoms with E-state index in [1.165, 1.54) is 31.4 Å². The third kappa shape index (κ3) is 2.62. The van der Waals surface area contributed by atoms with Crippen LogP contribution in [-0.4, -0.2) is 11.5 Å². The van der Waals surface area contributed by atoms with E-state index < -0.39 is 0 Å². The van der Waals surface area contributed by atoms with Gasteiger partial charge in [0, 0.05) is 17.8 Å². The van der Waals surface area contributed by atoms with Crippen LogP contribution in [0.2, 0.25) is 0 Å². The van der Waals surface area contributed by atoms with Gasteiger partial charge in [-0.3, -0.25) is 0 Å². The molecule has 2 nitrogen and oxygen atoms in total. The van der Waals surface area contributed by atoms with Gasteiger partial charge in [-0.05, 0) is 67.7 Å². The van der Waals surface area contributed by atoms with Gasteiger partial charge in [0.2, 0.25) is 0 Å². The number of hydrogen-bond donors (Lipinski definition) is 2. The molecule has 0 amide bonds. The maximum Gasteiger partial charge on any atom is 0.104 e. The highest BCUT2D eigenvalue weighted by atomic mass is 32.1. The summed E-state index contributed by atoms with van der Waals surface area (Å²) in [6.45, 7) is 3.18. The average Bonchev–Trinajstić information content (AvgIpc) is 2.98. The summed E-state index contributed by atoms with van der Waals surface area (Å²) in [7, 11) is 0. The van der Waals surface area contributed by atoms with Crippen LogP contribution >= 0.6 is 12.2 Å². The lowest BCUT2D eigenvalue weighted by Crippen LogP contribution is -2.20. The zero-order valence-electron chi connectivity index (χ0n) is 11.5. The van der Waals surface area contributed by atoms with Crippen LogP contribution in [0.1, 0.15) is 36.8 Å². The number of nitrogens with two attached hydrogens (primary N) is 1. The van der Waals surface area contributed by atoms with Crippen LogP contribution < -0.4 is 11.1 Å². The van der Waals surface area contributed by atoms with Crippen molar-refractivity contribution in [2.75, 3.05) is 11.9 Å². The fourth-order valence-corrected chi connectivity index (χ4v) is 4.15. The number of thiocarbonyl (C=S) groups is 1. The van der Waals surface area contributed by atoms with E-state index in [2.05, 4.69) is 24.4 Å². The van der Waals surface area contributed by atoms with Gasteiger partial charge in [0.25, 0.3) is 0 Å². The van der Waals surface area contributed by atoms with E-state index in [0.29, 0.717) is 4.99 Å². The molecule has 1 aromatic carbocycles. The fourth-order valence-electron chi connectivity index (χ4n) is 3.93. The Morgan fingerprint density at radius 1 is 1.37 bits per heavy atom. The largest absolute Gasteiger partial charge is 0.389 e. The van der Waals surface area contributed by atoms with Gasteiger partial charge in [-0.2, -0.15) is 0 Å². The van der Waals surface area contributed by atoms with E-state index in [4.69, 9.17) is 18.0 Å². The Bertz CT molecular complexity index is 498. The van der Waals surface area contributed by atoms with Crippen molar-refractivity contribution in [2.24, 2.45) is 23.5 Å². The first-order valence-electron chi connectivity index (χ1n) is 7.28. The molecule has 2 aliphatic carbocycles. The standard InChI is InChI=1S/C16H22N2S/c1-10-6-14(4-5-15(10)16(17)19)18-9-13-8-11-2-3-12(13)7-11/h4-6,11-13,18H,2-3,7-9H2,1H3,(H2,17,19). The molecule has 3 atom stereocenters. The Hall–Kier alpha value is -1.09. The Labute approximate surface area is 120 Å². The molecule has 0 heterocycles. The molecule has 3 N–H and O–H groups in total. The molecular formula is C16H22N2S. The minimum atomic E-state index is 0.483. The van der Waals surface area contributed by atoms with Crippen molar-refractivity contribution in [2.45, 2.75) is 32.6 Å². The van der Waals surface area contributed by atoms with Crippen LogP contribution in [-0.2, 0) is 0 Å². The summed E-state index contributed by atoms with van der Waals surface area (Å²) in [4.78, 5) is 0.483. The molecule has 1 aromatic rings. The minimum Gasteiger partial charge on any atom is -0.389 e. The Kier molecular flexibility index (Phi) is 3.48. The Balaban J connectivity index is 1.61. The first-order valence-corrected chi connectivity index (χ1v) is 7.68. The lowest BCUT2D eigenvalue weighted by Gasteiger charge is -2.22. The number of hydrogen-bond acceptors (Lipinski definition) is 2. The number of rotatable bonds is 4. The van der Waals surface area contributed by atoms with E-state index in [-0.39, 0.29) is 0 Å². The second-order valence-electron chi connectivity index (χ2n) is 6.21. The molecule has 2 saturated carbocycles. The van der Waals surface area contributed by atoms with E-state index in [0.717, 1.165) is 35.4 Å². The van der Waals surface area contributed by atoms with Crippen molar-refractivity contribution >= 4 is 22.9 Å². The lowest BCUT2D eigenvalue weighted by molar-refractivity contribution is 0.348. The number of fused-ring (bicyclic) bond motifs is 2. The summed E-state index contributed by atoms with van der Waals surface area (Å²) in [5.41, 5.74) is 9.03. The molecule has 0 saturated heterocycles. The van der Waals surface area contributed by atoms with Crippen molar-refractivity contribution < 1.29 is 0 Å². The highest BCUT2D eigenvalue weighted by Gasteiger charge is 2.38. The summed E-state index contributed by atoms with van der Waals surface area (Å²) in [6.07, 6.45) is 5.84. The third-order valence-electron chi connectivity index (χ3n) is 4.94. The van der Waals surface area contributed by atoms with Gasteiger partial charge in [0.15, 0.2) is 0 Å². The molecular weight excluding hydrogens is 252 g/mol. The maximum absolute atomic E-state index is 5.69. The van der Waals surface area contributed by atoms with Gasteiger partial charge >= 0.3 is 0 Å². The van der Waals surface area contributed by atoms with E-state index >= 15 is 0 Å². The van der Waals surface area contributed by atoms with Gasteiger partial charge in [0.1, 0.15) is 4.99 Å². The van der Waals surface area contributed by atoms with Crippen LogP contribution in [0, 0.1) is 24.7 Å². The smallest absolute Gasteiger partial charge is 0.104 e. The van der Waals surface area contributed by atoms with Crippen molar-refractivity contribution in [1.29, 1.82) is 0 Å². The molecule has 19 heavy (non-hydrogen) atoms. The van der Waals surface area contributed by atoms with Crippen molar-refractivity contribution in [1.82, 2.24) is 0 Å².